The number of urea groups is 1. The Morgan fingerprint density at radius 3 is 2.76 bits per heavy atom. The number of amides is 3. The normalized spacial score (nSPS) is 16.9. The highest BCUT2D eigenvalue weighted by Gasteiger charge is 2.29. The summed E-state index contributed by atoms with van der Waals surface area (Å²) >= 11 is 1.59. The molecule has 0 spiro atoms. The summed E-state index contributed by atoms with van der Waals surface area (Å²) in [6, 6.07) is 9.85. The van der Waals surface area contributed by atoms with E-state index >= 15 is 0 Å². The highest BCUT2D eigenvalue weighted by Crippen LogP contribution is 2.19. The maximum Gasteiger partial charge on any atom is 0.315 e. The maximum absolute atomic E-state index is 12.9. The van der Waals surface area contributed by atoms with Crippen LogP contribution < -0.4 is 10.6 Å². The third-order valence-electron chi connectivity index (χ3n) is 4.14. The van der Waals surface area contributed by atoms with Gasteiger partial charge >= 0.3 is 6.03 Å². The summed E-state index contributed by atoms with van der Waals surface area (Å²) in [5, 5.41) is 7.60. The molecule has 0 aliphatic carbocycles. The first kappa shape index (κ1) is 17.4. The number of likely N-dealkylation sites (tertiary alicyclic amines) is 1. The van der Waals surface area contributed by atoms with Gasteiger partial charge in [-0.1, -0.05) is 18.2 Å². The molecule has 2 N–H and O–H groups in total. The molecule has 1 aromatic carbocycles. The van der Waals surface area contributed by atoms with Crippen LogP contribution in [0.25, 0.3) is 0 Å². The predicted octanol–water partition coefficient (Wildman–Crippen LogP) is 2.74. The van der Waals surface area contributed by atoms with Crippen LogP contribution in [0.3, 0.4) is 0 Å². The van der Waals surface area contributed by atoms with Crippen LogP contribution in [-0.4, -0.2) is 29.9 Å². The second-order valence-corrected chi connectivity index (χ2v) is 7.15. The van der Waals surface area contributed by atoms with Crippen molar-refractivity contribution in [1.29, 1.82) is 0 Å². The molecule has 1 atom stereocenters. The third kappa shape index (κ3) is 5.03. The first-order valence-corrected chi connectivity index (χ1v) is 9.04. The molecule has 0 bridgehead atoms. The fourth-order valence-corrected chi connectivity index (χ4v) is 3.48. The Morgan fingerprint density at radius 1 is 1.24 bits per heavy atom. The molecular weight excluding hydrogens is 341 g/mol. The lowest BCUT2D eigenvalue weighted by atomic mass is 10.1. The van der Waals surface area contributed by atoms with Crippen molar-refractivity contribution in [3.05, 3.63) is 58.0 Å². The van der Waals surface area contributed by atoms with Gasteiger partial charge < -0.3 is 15.5 Å². The number of nitrogens with one attached hydrogen (secondary N) is 2. The topological polar surface area (TPSA) is 61.4 Å². The van der Waals surface area contributed by atoms with E-state index in [1.54, 1.807) is 28.4 Å². The second-order valence-electron chi connectivity index (χ2n) is 6.11. The molecule has 7 heteroatoms. The highest BCUT2D eigenvalue weighted by atomic mass is 32.1. The zero-order valence-electron chi connectivity index (χ0n) is 13.7. The van der Waals surface area contributed by atoms with Gasteiger partial charge in [0.05, 0.1) is 6.54 Å². The molecule has 0 unspecified atom stereocenters. The van der Waals surface area contributed by atoms with Gasteiger partial charge in [0.15, 0.2) is 0 Å². The molecule has 1 saturated heterocycles. The van der Waals surface area contributed by atoms with Gasteiger partial charge in [0.1, 0.15) is 5.82 Å². The summed E-state index contributed by atoms with van der Waals surface area (Å²) in [6.07, 6.45) is 0.423. The highest BCUT2D eigenvalue weighted by molar-refractivity contribution is 7.09. The largest absolute Gasteiger partial charge is 0.338 e. The van der Waals surface area contributed by atoms with Crippen molar-refractivity contribution in [2.75, 3.05) is 13.1 Å². The summed E-state index contributed by atoms with van der Waals surface area (Å²) in [5.41, 5.74) is 0.900. The number of carbonyl (C=O) groups is 2. The van der Waals surface area contributed by atoms with Crippen molar-refractivity contribution in [1.82, 2.24) is 15.5 Å². The summed E-state index contributed by atoms with van der Waals surface area (Å²) in [4.78, 5) is 26.8. The number of hydrogen-bond donors (Lipinski definition) is 2. The number of nitrogens with zero attached hydrogens (tertiary/aromatic N) is 1. The molecule has 25 heavy (non-hydrogen) atoms. The van der Waals surface area contributed by atoms with Crippen molar-refractivity contribution in [2.24, 2.45) is 5.92 Å². The molecule has 1 aromatic heterocycles. The van der Waals surface area contributed by atoms with Gasteiger partial charge in [-0.05, 0) is 29.1 Å². The Bertz CT molecular complexity index is 718. The lowest BCUT2D eigenvalue weighted by molar-refractivity contribution is -0.128. The van der Waals surface area contributed by atoms with Gasteiger partial charge in [-0.3, -0.25) is 4.79 Å². The Kier molecular flexibility index (Phi) is 5.65. The Balaban J connectivity index is 1.41. The van der Waals surface area contributed by atoms with Crippen molar-refractivity contribution in [2.45, 2.75) is 19.5 Å². The van der Waals surface area contributed by atoms with E-state index in [0.717, 1.165) is 10.4 Å². The molecule has 2 aromatic rings. The summed E-state index contributed by atoms with van der Waals surface area (Å²) in [6.45, 7) is 2.04. The van der Waals surface area contributed by atoms with E-state index in [2.05, 4.69) is 10.6 Å². The molecule has 0 saturated carbocycles. The van der Waals surface area contributed by atoms with Crippen LogP contribution in [-0.2, 0) is 17.9 Å². The van der Waals surface area contributed by atoms with E-state index in [1.165, 1.54) is 12.1 Å². The smallest absolute Gasteiger partial charge is 0.315 e. The SMILES string of the molecule is O=C(NCc1cccs1)NC[C@@H]1CC(=O)N(Cc2ccc(F)cc2)C1. The number of halogens is 1. The summed E-state index contributed by atoms with van der Waals surface area (Å²) < 4.78 is 12.9. The molecule has 3 rings (SSSR count). The summed E-state index contributed by atoms with van der Waals surface area (Å²) in [5.74, 6) is -0.123. The van der Waals surface area contributed by atoms with Gasteiger partial charge in [0.25, 0.3) is 0 Å². The van der Waals surface area contributed by atoms with Gasteiger partial charge in [-0.2, -0.15) is 0 Å². The average molecular weight is 361 g/mol. The maximum atomic E-state index is 12.9. The quantitative estimate of drug-likeness (QED) is 0.831. The van der Waals surface area contributed by atoms with Crippen molar-refractivity contribution in [3.63, 3.8) is 0 Å². The number of benzene rings is 1. The Hall–Kier alpha value is -2.41. The monoisotopic (exact) mass is 361 g/mol. The zero-order chi connectivity index (χ0) is 17.6. The van der Waals surface area contributed by atoms with E-state index in [-0.39, 0.29) is 23.7 Å². The van der Waals surface area contributed by atoms with Crippen LogP contribution in [0.5, 0.6) is 0 Å². The van der Waals surface area contributed by atoms with Crippen LogP contribution in [0.2, 0.25) is 0 Å². The van der Waals surface area contributed by atoms with E-state index in [4.69, 9.17) is 0 Å². The molecular formula is C18H20FN3O2S. The minimum atomic E-state index is -0.285. The standard InChI is InChI=1S/C18H20FN3O2S/c19-15-5-3-13(4-6-15)11-22-12-14(8-17(22)23)9-20-18(24)21-10-16-2-1-7-25-16/h1-7,14H,8-12H2,(H2,20,21,24)/t14-/m0/s1. The van der Waals surface area contributed by atoms with Crippen LogP contribution in [0.1, 0.15) is 16.9 Å². The van der Waals surface area contributed by atoms with Crippen molar-refractivity contribution in [3.8, 4) is 0 Å². The fraction of sp³-hybridized carbons (Fsp3) is 0.333. The molecule has 2 heterocycles. The second kappa shape index (κ2) is 8.11. The molecule has 1 fully saturated rings. The number of carbonyl (C=O) groups excluding carboxylic acids is 2. The molecule has 1 aliphatic rings. The average Bonchev–Trinajstić information content (AvgIpc) is 3.23. The lowest BCUT2D eigenvalue weighted by Crippen LogP contribution is -2.38. The van der Waals surface area contributed by atoms with E-state index in [0.29, 0.717) is 32.6 Å². The van der Waals surface area contributed by atoms with Crippen LogP contribution >= 0.6 is 11.3 Å². The van der Waals surface area contributed by atoms with Crippen LogP contribution in [0, 0.1) is 11.7 Å². The molecule has 0 radical (unpaired) electrons. The Labute approximate surface area is 149 Å². The lowest BCUT2D eigenvalue weighted by Gasteiger charge is -2.17. The van der Waals surface area contributed by atoms with Gasteiger partial charge in [-0.15, -0.1) is 11.3 Å². The van der Waals surface area contributed by atoms with Gasteiger partial charge in [0, 0.05) is 36.9 Å². The molecule has 3 amide bonds. The number of thiophene rings is 1. The first-order valence-electron chi connectivity index (χ1n) is 8.16. The van der Waals surface area contributed by atoms with Crippen molar-refractivity contribution < 1.29 is 14.0 Å². The predicted molar refractivity (Wildman–Crippen MR) is 94.5 cm³/mol. The van der Waals surface area contributed by atoms with E-state index in [1.807, 2.05) is 17.5 Å². The van der Waals surface area contributed by atoms with E-state index in [9.17, 15) is 14.0 Å². The number of rotatable bonds is 6. The first-order chi connectivity index (χ1) is 12.1. The minimum absolute atomic E-state index is 0.0649. The Morgan fingerprint density at radius 2 is 2.04 bits per heavy atom. The molecule has 1 aliphatic heterocycles. The van der Waals surface area contributed by atoms with Gasteiger partial charge in [-0.25, -0.2) is 9.18 Å². The zero-order valence-corrected chi connectivity index (χ0v) is 14.5. The number of hydrogen-bond acceptors (Lipinski definition) is 3. The van der Waals surface area contributed by atoms with E-state index < -0.39 is 0 Å². The minimum Gasteiger partial charge on any atom is -0.338 e. The van der Waals surface area contributed by atoms with Gasteiger partial charge in [0.2, 0.25) is 5.91 Å². The molecule has 5 nitrogen and oxygen atoms in total. The van der Waals surface area contributed by atoms with Crippen LogP contribution in [0.15, 0.2) is 41.8 Å². The third-order valence-corrected chi connectivity index (χ3v) is 5.01. The fourth-order valence-electron chi connectivity index (χ4n) is 2.83. The summed E-state index contributed by atoms with van der Waals surface area (Å²) in [7, 11) is 0. The molecule has 132 valence electrons. The van der Waals surface area contributed by atoms with Crippen LogP contribution in [0.4, 0.5) is 9.18 Å². The van der Waals surface area contributed by atoms with Crippen molar-refractivity contribution >= 4 is 23.3 Å².